The molecule has 2 aromatic rings. The predicted octanol–water partition coefficient (Wildman–Crippen LogP) is 2.50. The van der Waals surface area contributed by atoms with Crippen LogP contribution in [-0.2, 0) is 14.8 Å². The first-order valence-electron chi connectivity index (χ1n) is 8.16. The highest BCUT2D eigenvalue weighted by Gasteiger charge is 2.18. The molecule has 0 spiro atoms. The third-order valence-electron chi connectivity index (χ3n) is 3.37. The molecule has 0 aliphatic heterocycles. The second-order valence-corrected chi connectivity index (χ2v) is 7.05. The number of benzene rings is 2. The van der Waals surface area contributed by atoms with E-state index in [0.29, 0.717) is 12.4 Å². The first-order valence-corrected chi connectivity index (χ1v) is 9.71. The Hall–Kier alpha value is -2.65. The molecule has 2 N–H and O–H groups in total. The van der Waals surface area contributed by atoms with E-state index < -0.39 is 27.4 Å². The van der Waals surface area contributed by atoms with Gasteiger partial charge < -0.3 is 14.2 Å². The largest absolute Gasteiger partial charge is 0.494 e. The molecule has 0 aliphatic carbocycles. The molecule has 0 saturated heterocycles. The number of sulfonamides is 1. The minimum absolute atomic E-state index is 0.0391. The van der Waals surface area contributed by atoms with Gasteiger partial charge in [0, 0.05) is 0 Å². The Bertz CT molecular complexity index is 883. The van der Waals surface area contributed by atoms with Crippen molar-refractivity contribution in [1.29, 1.82) is 0 Å². The maximum absolute atomic E-state index is 13.7. The zero-order chi connectivity index (χ0) is 19.9. The Morgan fingerprint density at radius 1 is 1.00 bits per heavy atom. The van der Waals surface area contributed by atoms with Crippen molar-refractivity contribution in [2.24, 2.45) is 5.14 Å². The fourth-order valence-corrected chi connectivity index (χ4v) is 2.60. The standard InChI is InChI=1S/C18H20FNO6S/c1-2-9-24-13-3-5-14(6-4-13)25-10-11-26-18(21)16-12-15(27(20,22)23)7-8-17(16)19/h3-8,12H,2,9-11H2,1H3,(H2,20,22,23). The lowest BCUT2D eigenvalue weighted by molar-refractivity contribution is 0.0445. The van der Waals surface area contributed by atoms with E-state index in [1.54, 1.807) is 24.3 Å². The summed E-state index contributed by atoms with van der Waals surface area (Å²) >= 11 is 0. The number of carbonyl (C=O) groups excluding carboxylic acids is 1. The molecule has 146 valence electrons. The number of nitrogens with two attached hydrogens (primary N) is 1. The van der Waals surface area contributed by atoms with E-state index in [1.807, 2.05) is 6.92 Å². The summed E-state index contributed by atoms with van der Waals surface area (Å²) in [6.07, 6.45) is 0.907. The molecule has 2 aromatic carbocycles. The maximum Gasteiger partial charge on any atom is 0.341 e. The van der Waals surface area contributed by atoms with Crippen LogP contribution in [0.25, 0.3) is 0 Å². The molecule has 0 aromatic heterocycles. The summed E-state index contributed by atoms with van der Waals surface area (Å²) in [5.41, 5.74) is -0.515. The highest BCUT2D eigenvalue weighted by molar-refractivity contribution is 7.89. The summed E-state index contributed by atoms with van der Waals surface area (Å²) in [6.45, 7) is 2.53. The molecule has 0 radical (unpaired) electrons. The smallest absolute Gasteiger partial charge is 0.341 e. The minimum atomic E-state index is -4.06. The molecule has 0 saturated carbocycles. The Balaban J connectivity index is 1.86. The average molecular weight is 397 g/mol. The zero-order valence-corrected chi connectivity index (χ0v) is 15.5. The van der Waals surface area contributed by atoms with Gasteiger partial charge in [-0.25, -0.2) is 22.7 Å². The molecule has 0 bridgehead atoms. The van der Waals surface area contributed by atoms with Gasteiger partial charge in [-0.2, -0.15) is 0 Å². The third kappa shape index (κ3) is 6.22. The van der Waals surface area contributed by atoms with Crippen LogP contribution in [0.5, 0.6) is 11.5 Å². The third-order valence-corrected chi connectivity index (χ3v) is 4.28. The van der Waals surface area contributed by atoms with Gasteiger partial charge in [-0.05, 0) is 48.9 Å². The lowest BCUT2D eigenvalue weighted by atomic mass is 10.2. The van der Waals surface area contributed by atoms with Crippen LogP contribution >= 0.6 is 0 Å². The van der Waals surface area contributed by atoms with Crippen LogP contribution in [0.4, 0.5) is 4.39 Å². The van der Waals surface area contributed by atoms with Gasteiger partial charge in [0.2, 0.25) is 10.0 Å². The summed E-state index contributed by atoms with van der Waals surface area (Å²) < 4.78 is 52.1. The maximum atomic E-state index is 13.7. The first-order chi connectivity index (χ1) is 12.8. The molecular formula is C18H20FNO6S. The zero-order valence-electron chi connectivity index (χ0n) is 14.7. The SMILES string of the molecule is CCCOc1ccc(OCCOC(=O)c2cc(S(N)(=O)=O)ccc2F)cc1. The van der Waals surface area contributed by atoms with Crippen LogP contribution in [0, 0.1) is 5.82 Å². The number of halogens is 1. The van der Waals surface area contributed by atoms with E-state index in [9.17, 15) is 17.6 Å². The van der Waals surface area contributed by atoms with E-state index in [-0.39, 0.29) is 18.1 Å². The van der Waals surface area contributed by atoms with Crippen molar-refractivity contribution >= 4 is 16.0 Å². The van der Waals surface area contributed by atoms with Gasteiger partial charge >= 0.3 is 5.97 Å². The molecular weight excluding hydrogens is 377 g/mol. The Morgan fingerprint density at radius 2 is 1.59 bits per heavy atom. The van der Waals surface area contributed by atoms with Crippen molar-refractivity contribution < 1.29 is 31.8 Å². The lowest BCUT2D eigenvalue weighted by Crippen LogP contribution is -2.16. The van der Waals surface area contributed by atoms with Crippen LogP contribution in [-0.4, -0.2) is 34.2 Å². The van der Waals surface area contributed by atoms with Crippen LogP contribution in [0.1, 0.15) is 23.7 Å². The summed E-state index contributed by atoms with van der Waals surface area (Å²) in [4.78, 5) is 11.6. The van der Waals surface area contributed by atoms with Crippen molar-refractivity contribution in [3.05, 3.63) is 53.8 Å². The van der Waals surface area contributed by atoms with Gasteiger partial charge in [0.05, 0.1) is 17.1 Å². The fourth-order valence-electron chi connectivity index (χ4n) is 2.06. The van der Waals surface area contributed by atoms with Gasteiger partial charge in [-0.3, -0.25) is 0 Å². The van der Waals surface area contributed by atoms with Crippen molar-refractivity contribution in [1.82, 2.24) is 0 Å². The molecule has 27 heavy (non-hydrogen) atoms. The quantitative estimate of drug-likeness (QED) is 0.515. The van der Waals surface area contributed by atoms with Crippen LogP contribution in [0.2, 0.25) is 0 Å². The molecule has 7 nitrogen and oxygen atoms in total. The lowest BCUT2D eigenvalue weighted by Gasteiger charge is -2.09. The number of primary sulfonamides is 1. The number of esters is 1. The second kappa shape index (κ2) is 9.33. The van der Waals surface area contributed by atoms with E-state index >= 15 is 0 Å². The molecule has 9 heteroatoms. The number of hydrogen-bond acceptors (Lipinski definition) is 6. The van der Waals surface area contributed by atoms with Crippen LogP contribution in [0.3, 0.4) is 0 Å². The number of ether oxygens (including phenoxy) is 3. The van der Waals surface area contributed by atoms with Crippen molar-refractivity contribution in [3.8, 4) is 11.5 Å². The van der Waals surface area contributed by atoms with E-state index in [0.717, 1.165) is 30.4 Å². The van der Waals surface area contributed by atoms with Gasteiger partial charge in [0.1, 0.15) is 30.5 Å². The highest BCUT2D eigenvalue weighted by atomic mass is 32.2. The average Bonchev–Trinajstić information content (AvgIpc) is 2.63. The Morgan fingerprint density at radius 3 is 2.15 bits per heavy atom. The van der Waals surface area contributed by atoms with Gasteiger partial charge in [-0.1, -0.05) is 6.92 Å². The van der Waals surface area contributed by atoms with Gasteiger partial charge in [0.15, 0.2) is 0 Å². The number of rotatable bonds is 9. The molecule has 0 heterocycles. The monoisotopic (exact) mass is 397 g/mol. The van der Waals surface area contributed by atoms with Crippen molar-refractivity contribution in [3.63, 3.8) is 0 Å². The van der Waals surface area contributed by atoms with Crippen molar-refractivity contribution in [2.75, 3.05) is 19.8 Å². The topological polar surface area (TPSA) is 105 Å². The normalized spacial score (nSPS) is 11.1. The van der Waals surface area contributed by atoms with E-state index in [2.05, 4.69) is 0 Å². The predicted molar refractivity (Wildman–Crippen MR) is 95.8 cm³/mol. The molecule has 0 fully saturated rings. The fraction of sp³-hybridized carbons (Fsp3) is 0.278. The van der Waals surface area contributed by atoms with E-state index in [4.69, 9.17) is 19.3 Å². The summed E-state index contributed by atoms with van der Waals surface area (Å²) in [6, 6.07) is 9.58. The Kier molecular flexibility index (Phi) is 7.14. The summed E-state index contributed by atoms with van der Waals surface area (Å²) in [7, 11) is -4.06. The van der Waals surface area contributed by atoms with Gasteiger partial charge in [0.25, 0.3) is 0 Å². The molecule has 0 aliphatic rings. The summed E-state index contributed by atoms with van der Waals surface area (Å²) in [5.74, 6) is -0.640. The molecule has 0 amide bonds. The summed E-state index contributed by atoms with van der Waals surface area (Å²) in [5, 5.41) is 4.97. The van der Waals surface area contributed by atoms with Crippen molar-refractivity contribution in [2.45, 2.75) is 18.2 Å². The second-order valence-electron chi connectivity index (χ2n) is 5.49. The van der Waals surface area contributed by atoms with E-state index in [1.165, 1.54) is 0 Å². The Labute approximate surface area is 156 Å². The van der Waals surface area contributed by atoms with Gasteiger partial charge in [-0.15, -0.1) is 0 Å². The minimum Gasteiger partial charge on any atom is -0.494 e. The van der Waals surface area contributed by atoms with Crippen LogP contribution < -0.4 is 14.6 Å². The van der Waals surface area contributed by atoms with Crippen LogP contribution in [0.15, 0.2) is 47.4 Å². The number of hydrogen-bond donors (Lipinski definition) is 1. The molecule has 2 rings (SSSR count). The molecule has 0 atom stereocenters. The number of carbonyl (C=O) groups is 1. The molecule has 0 unspecified atom stereocenters. The highest BCUT2D eigenvalue weighted by Crippen LogP contribution is 2.18. The first kappa shape index (κ1) is 20.7.